The van der Waals surface area contributed by atoms with Crippen molar-refractivity contribution in [2.45, 2.75) is 17.4 Å². The van der Waals surface area contributed by atoms with E-state index in [1.807, 2.05) is 11.6 Å². The highest BCUT2D eigenvalue weighted by Gasteiger charge is 2.11. The number of thiazole rings is 1. The number of benzene rings is 1. The van der Waals surface area contributed by atoms with Gasteiger partial charge in [0.05, 0.1) is 11.0 Å². The molecule has 5 heteroatoms. The van der Waals surface area contributed by atoms with Crippen LogP contribution in [0.3, 0.4) is 0 Å². The number of rotatable bonds is 5. The normalized spacial score (nSPS) is 12.6. The minimum Gasteiger partial charge on any atom is -0.271 e. The minimum absolute atomic E-state index is 0.122. The Morgan fingerprint density at radius 3 is 2.71 bits per heavy atom. The Labute approximate surface area is 109 Å². The second-order valence-electron chi connectivity index (χ2n) is 3.62. The van der Waals surface area contributed by atoms with Crippen molar-refractivity contribution in [1.29, 1.82) is 0 Å². The van der Waals surface area contributed by atoms with E-state index >= 15 is 0 Å². The first kappa shape index (κ1) is 12.6. The number of nitrogens with one attached hydrogen (secondary N) is 1. The van der Waals surface area contributed by atoms with Gasteiger partial charge in [-0.3, -0.25) is 11.3 Å². The molecule has 1 unspecified atom stereocenters. The van der Waals surface area contributed by atoms with Crippen molar-refractivity contribution < 1.29 is 0 Å². The Kier molecular flexibility index (Phi) is 4.56. The average molecular weight is 265 g/mol. The molecule has 90 valence electrons. The summed E-state index contributed by atoms with van der Waals surface area (Å²) in [5.41, 5.74) is 4.05. The molecule has 1 aromatic carbocycles. The highest BCUT2D eigenvalue weighted by Crippen LogP contribution is 2.22. The van der Waals surface area contributed by atoms with Gasteiger partial charge in [-0.25, -0.2) is 4.98 Å². The van der Waals surface area contributed by atoms with Crippen LogP contribution in [-0.4, -0.2) is 11.2 Å². The van der Waals surface area contributed by atoms with E-state index in [9.17, 15) is 0 Å². The Balaban J connectivity index is 2.11. The van der Waals surface area contributed by atoms with Crippen LogP contribution in [0.15, 0.2) is 40.7 Å². The average Bonchev–Trinajstić information content (AvgIpc) is 2.89. The summed E-state index contributed by atoms with van der Waals surface area (Å²) >= 11 is 3.40. The van der Waals surface area contributed by atoms with Crippen LogP contribution in [0.4, 0.5) is 0 Å². The van der Waals surface area contributed by atoms with Crippen LogP contribution >= 0.6 is 23.1 Å². The van der Waals surface area contributed by atoms with Gasteiger partial charge >= 0.3 is 0 Å². The van der Waals surface area contributed by atoms with Gasteiger partial charge in [-0.05, 0) is 24.0 Å². The van der Waals surface area contributed by atoms with Gasteiger partial charge in [0.15, 0.2) is 0 Å². The van der Waals surface area contributed by atoms with Gasteiger partial charge in [0.2, 0.25) is 0 Å². The number of nitrogens with zero attached hydrogens (tertiary/aromatic N) is 1. The highest BCUT2D eigenvalue weighted by atomic mass is 32.2. The molecule has 0 saturated carbocycles. The van der Waals surface area contributed by atoms with Crippen molar-refractivity contribution in [3.63, 3.8) is 0 Å². The van der Waals surface area contributed by atoms with Gasteiger partial charge in [-0.15, -0.1) is 23.1 Å². The maximum Gasteiger partial charge on any atom is 0.0944 e. The van der Waals surface area contributed by atoms with Gasteiger partial charge in [0.1, 0.15) is 0 Å². The summed E-state index contributed by atoms with van der Waals surface area (Å²) in [6, 6.07) is 8.59. The first-order chi connectivity index (χ1) is 8.33. The lowest BCUT2D eigenvalue weighted by molar-refractivity contribution is 0.550. The molecule has 1 atom stereocenters. The zero-order chi connectivity index (χ0) is 12.1. The highest BCUT2D eigenvalue weighted by molar-refractivity contribution is 7.98. The molecule has 3 N–H and O–H groups in total. The largest absolute Gasteiger partial charge is 0.271 e. The minimum atomic E-state index is 0.122. The zero-order valence-electron chi connectivity index (χ0n) is 9.59. The molecular formula is C12H15N3S2. The molecule has 0 aliphatic carbocycles. The Morgan fingerprint density at radius 1 is 1.41 bits per heavy atom. The van der Waals surface area contributed by atoms with Crippen LogP contribution in [-0.2, 0) is 6.42 Å². The molecule has 0 aliphatic rings. The molecule has 3 nitrogen and oxygen atoms in total. The summed E-state index contributed by atoms with van der Waals surface area (Å²) in [6.07, 6.45) is 4.72. The molecule has 0 radical (unpaired) electrons. The summed E-state index contributed by atoms with van der Waals surface area (Å²) < 4.78 is 0. The lowest BCUT2D eigenvalue weighted by Crippen LogP contribution is -2.29. The van der Waals surface area contributed by atoms with Crippen molar-refractivity contribution in [1.82, 2.24) is 10.4 Å². The summed E-state index contributed by atoms with van der Waals surface area (Å²) in [6.45, 7) is 0. The second-order valence-corrected chi connectivity index (χ2v) is 5.48. The van der Waals surface area contributed by atoms with Crippen LogP contribution in [0.1, 0.15) is 16.6 Å². The van der Waals surface area contributed by atoms with Gasteiger partial charge in [-0.2, -0.15) is 0 Å². The molecule has 0 fully saturated rings. The smallest absolute Gasteiger partial charge is 0.0944 e. The maximum absolute atomic E-state index is 5.61. The molecule has 17 heavy (non-hydrogen) atoms. The predicted molar refractivity (Wildman–Crippen MR) is 74.1 cm³/mol. The van der Waals surface area contributed by atoms with E-state index in [-0.39, 0.29) is 6.04 Å². The summed E-state index contributed by atoms with van der Waals surface area (Å²) in [7, 11) is 0. The fourth-order valence-corrected chi connectivity index (χ4v) is 2.71. The van der Waals surface area contributed by atoms with Gasteiger partial charge < -0.3 is 0 Å². The number of hydrogen-bond acceptors (Lipinski definition) is 5. The molecule has 2 aromatic rings. The van der Waals surface area contributed by atoms with E-state index in [2.05, 4.69) is 40.9 Å². The Hall–Kier alpha value is -0.880. The van der Waals surface area contributed by atoms with Gasteiger partial charge in [0.25, 0.3) is 0 Å². The van der Waals surface area contributed by atoms with Crippen LogP contribution in [0.5, 0.6) is 0 Å². The summed E-state index contributed by atoms with van der Waals surface area (Å²) in [5, 5.41) is 3.08. The number of thioether (sulfide) groups is 1. The van der Waals surface area contributed by atoms with Crippen LogP contribution in [0, 0.1) is 0 Å². The monoisotopic (exact) mass is 265 g/mol. The molecule has 2 rings (SSSR count). The third kappa shape index (κ3) is 3.29. The van der Waals surface area contributed by atoms with E-state index in [1.54, 1.807) is 23.1 Å². The van der Waals surface area contributed by atoms with E-state index < -0.39 is 0 Å². The molecule has 0 spiro atoms. The Bertz CT molecular complexity index is 439. The van der Waals surface area contributed by atoms with Crippen molar-refractivity contribution in [2.24, 2.45) is 5.84 Å². The van der Waals surface area contributed by atoms with Crippen molar-refractivity contribution in [2.75, 3.05) is 6.26 Å². The lowest BCUT2D eigenvalue weighted by Gasteiger charge is -2.15. The predicted octanol–water partition coefficient (Wildman–Crippen LogP) is 2.61. The fourth-order valence-electron chi connectivity index (χ4n) is 1.64. The van der Waals surface area contributed by atoms with Crippen LogP contribution < -0.4 is 11.3 Å². The van der Waals surface area contributed by atoms with Crippen molar-refractivity contribution in [3.8, 4) is 0 Å². The van der Waals surface area contributed by atoms with Crippen molar-refractivity contribution >= 4 is 23.1 Å². The van der Waals surface area contributed by atoms with E-state index in [1.165, 1.54) is 10.5 Å². The zero-order valence-corrected chi connectivity index (χ0v) is 11.2. The standard InChI is InChI=1S/C12H15N3S2/c1-16-10-4-2-9(3-5-10)11(15-13)8-12-14-6-7-17-12/h2-7,11,15H,8,13H2,1H3. The molecule has 1 aromatic heterocycles. The Morgan fingerprint density at radius 2 is 2.18 bits per heavy atom. The fraction of sp³-hybridized carbons (Fsp3) is 0.250. The lowest BCUT2D eigenvalue weighted by atomic mass is 10.1. The number of nitrogens with two attached hydrogens (primary N) is 1. The molecule has 0 amide bonds. The molecule has 0 aliphatic heterocycles. The quantitative estimate of drug-likeness (QED) is 0.496. The van der Waals surface area contributed by atoms with E-state index in [4.69, 9.17) is 5.84 Å². The maximum atomic E-state index is 5.61. The first-order valence-corrected chi connectivity index (χ1v) is 7.42. The number of aromatic nitrogens is 1. The van der Waals surface area contributed by atoms with Crippen LogP contribution in [0.25, 0.3) is 0 Å². The molecular weight excluding hydrogens is 250 g/mol. The number of hydrazine groups is 1. The summed E-state index contributed by atoms with van der Waals surface area (Å²) in [5.74, 6) is 5.61. The molecule has 1 heterocycles. The third-order valence-electron chi connectivity index (χ3n) is 2.58. The van der Waals surface area contributed by atoms with Crippen LogP contribution in [0.2, 0.25) is 0 Å². The topological polar surface area (TPSA) is 50.9 Å². The third-order valence-corrected chi connectivity index (χ3v) is 4.13. The molecule has 0 bridgehead atoms. The van der Waals surface area contributed by atoms with E-state index in [0.29, 0.717) is 0 Å². The van der Waals surface area contributed by atoms with E-state index in [0.717, 1.165) is 11.4 Å². The SMILES string of the molecule is CSc1ccc(C(Cc2nccs2)NN)cc1. The first-order valence-electron chi connectivity index (χ1n) is 5.32. The number of hydrogen-bond donors (Lipinski definition) is 2. The van der Waals surface area contributed by atoms with Crippen molar-refractivity contribution in [3.05, 3.63) is 46.4 Å². The van der Waals surface area contributed by atoms with Gasteiger partial charge in [0, 0.05) is 22.9 Å². The molecule has 0 saturated heterocycles. The second kappa shape index (κ2) is 6.16. The van der Waals surface area contributed by atoms with Gasteiger partial charge in [-0.1, -0.05) is 12.1 Å². The summed E-state index contributed by atoms with van der Waals surface area (Å²) in [4.78, 5) is 5.54.